The molecular weight excluding hydrogens is 601 g/mol. The molecule has 5 nitrogen and oxygen atoms in total. The van der Waals surface area contributed by atoms with Crippen molar-refractivity contribution in [2.45, 2.75) is 6.42 Å². The van der Waals surface area contributed by atoms with Gasteiger partial charge in [0.15, 0.2) is 5.82 Å². The number of fused-ring (bicyclic) bond motifs is 6. The second-order valence-electron chi connectivity index (χ2n) is 12.5. The van der Waals surface area contributed by atoms with Crippen LogP contribution in [0.25, 0.3) is 77.9 Å². The molecule has 0 amide bonds. The first kappa shape index (κ1) is 27.6. The minimum atomic E-state index is 0.612. The SMILES string of the molecule is c1ccc(-c2ccccc2-c2nc(-c3ccc(-n4c5ccccc5c5ccc6c(ccn6-c6ccccc6)c54)cc3)nc3c2CCO3)cc1. The molecule has 0 unspecified atom stereocenters. The zero-order valence-corrected chi connectivity index (χ0v) is 26.6. The molecule has 9 aromatic rings. The van der Waals surface area contributed by atoms with Gasteiger partial charge < -0.3 is 13.9 Å². The zero-order valence-electron chi connectivity index (χ0n) is 26.6. The number of para-hydroxylation sites is 2. The average molecular weight is 631 g/mol. The van der Waals surface area contributed by atoms with Crippen LogP contribution in [0.15, 0.2) is 158 Å². The van der Waals surface area contributed by atoms with E-state index in [9.17, 15) is 0 Å². The van der Waals surface area contributed by atoms with Gasteiger partial charge in [0.05, 0.1) is 28.9 Å². The normalized spacial score (nSPS) is 12.5. The van der Waals surface area contributed by atoms with Gasteiger partial charge in [-0.05, 0) is 65.7 Å². The molecule has 10 rings (SSSR count). The summed E-state index contributed by atoms with van der Waals surface area (Å²) in [5.74, 6) is 1.34. The highest BCUT2D eigenvalue weighted by Gasteiger charge is 2.24. The summed E-state index contributed by atoms with van der Waals surface area (Å²) in [4.78, 5) is 10.2. The third-order valence-corrected chi connectivity index (χ3v) is 9.75. The summed E-state index contributed by atoms with van der Waals surface area (Å²) in [6.45, 7) is 0.612. The molecule has 0 aliphatic carbocycles. The minimum absolute atomic E-state index is 0.612. The molecule has 3 aromatic heterocycles. The number of benzene rings is 6. The van der Waals surface area contributed by atoms with Crippen molar-refractivity contribution >= 4 is 32.7 Å². The lowest BCUT2D eigenvalue weighted by molar-refractivity contribution is 0.345. The van der Waals surface area contributed by atoms with Crippen molar-refractivity contribution in [1.82, 2.24) is 19.1 Å². The average Bonchev–Trinajstić information content (AvgIpc) is 3.91. The summed E-state index contributed by atoms with van der Waals surface area (Å²) in [5.41, 5.74) is 12.1. The lowest BCUT2D eigenvalue weighted by Gasteiger charge is -2.14. The summed E-state index contributed by atoms with van der Waals surface area (Å²) in [5, 5.41) is 3.68. The molecule has 0 fully saturated rings. The maximum atomic E-state index is 6.06. The first-order chi connectivity index (χ1) is 24.3. The van der Waals surface area contributed by atoms with Gasteiger partial charge in [0.1, 0.15) is 0 Å². The molecule has 0 saturated carbocycles. The van der Waals surface area contributed by atoms with Crippen LogP contribution in [0, 0.1) is 0 Å². The molecule has 0 spiro atoms. The van der Waals surface area contributed by atoms with E-state index in [2.05, 4.69) is 161 Å². The Morgan fingerprint density at radius 2 is 1.24 bits per heavy atom. The van der Waals surface area contributed by atoms with Crippen LogP contribution in [0.1, 0.15) is 5.56 Å². The van der Waals surface area contributed by atoms with Gasteiger partial charge in [0.25, 0.3) is 0 Å². The van der Waals surface area contributed by atoms with E-state index in [4.69, 9.17) is 14.7 Å². The van der Waals surface area contributed by atoms with Crippen LogP contribution in [0.2, 0.25) is 0 Å². The van der Waals surface area contributed by atoms with Crippen LogP contribution < -0.4 is 4.74 Å². The van der Waals surface area contributed by atoms with Crippen molar-refractivity contribution in [3.8, 4) is 51.0 Å². The number of hydrogen-bond donors (Lipinski definition) is 0. The number of ether oxygens (including phenoxy) is 1. The van der Waals surface area contributed by atoms with Crippen molar-refractivity contribution in [1.29, 1.82) is 0 Å². The van der Waals surface area contributed by atoms with Crippen LogP contribution in [0.4, 0.5) is 0 Å². The molecule has 0 saturated heterocycles. The Bertz CT molecular complexity index is 2670. The van der Waals surface area contributed by atoms with Gasteiger partial charge in [-0.3, -0.25) is 0 Å². The van der Waals surface area contributed by atoms with Gasteiger partial charge in [-0.25, -0.2) is 4.98 Å². The monoisotopic (exact) mass is 630 g/mol. The maximum absolute atomic E-state index is 6.06. The van der Waals surface area contributed by atoms with Crippen LogP contribution in [0.3, 0.4) is 0 Å². The molecule has 0 N–H and O–H groups in total. The summed E-state index contributed by atoms with van der Waals surface area (Å²) < 4.78 is 10.7. The van der Waals surface area contributed by atoms with Gasteiger partial charge in [-0.1, -0.05) is 97.1 Å². The van der Waals surface area contributed by atoms with Crippen molar-refractivity contribution in [2.24, 2.45) is 0 Å². The lowest BCUT2D eigenvalue weighted by Crippen LogP contribution is -1.99. The molecule has 0 bridgehead atoms. The van der Waals surface area contributed by atoms with E-state index in [-0.39, 0.29) is 0 Å². The Kier molecular flexibility index (Phi) is 6.24. The number of rotatable bonds is 5. The summed E-state index contributed by atoms with van der Waals surface area (Å²) in [6, 6.07) is 53.5. The minimum Gasteiger partial charge on any atom is -0.477 e. The summed E-state index contributed by atoms with van der Waals surface area (Å²) in [7, 11) is 0. The molecule has 0 atom stereocenters. The first-order valence-electron chi connectivity index (χ1n) is 16.7. The third-order valence-electron chi connectivity index (χ3n) is 9.75. The van der Waals surface area contributed by atoms with Gasteiger partial charge in [-0.15, -0.1) is 0 Å². The zero-order chi connectivity index (χ0) is 32.3. The number of hydrogen-bond acceptors (Lipinski definition) is 3. The van der Waals surface area contributed by atoms with Crippen molar-refractivity contribution < 1.29 is 4.74 Å². The van der Waals surface area contributed by atoms with Gasteiger partial charge in [0.2, 0.25) is 5.88 Å². The second kappa shape index (κ2) is 11.1. The van der Waals surface area contributed by atoms with Crippen molar-refractivity contribution in [2.75, 3.05) is 6.61 Å². The van der Waals surface area contributed by atoms with Crippen LogP contribution in [-0.2, 0) is 6.42 Å². The smallest absolute Gasteiger partial charge is 0.220 e. The standard InChI is InChI=1S/C44H30N4O/c1-3-11-29(12-4-1)33-15-7-8-17-35(33)41-38-26-28-49-44(38)46-43(45-41)30-19-21-32(22-20-30)48-40-18-10-9-16-34(40)36-23-24-39-37(42(36)48)25-27-47(39)31-13-5-2-6-14-31/h1-25,27H,26,28H2. The van der Waals surface area contributed by atoms with Gasteiger partial charge in [-0.2, -0.15) is 4.98 Å². The Hall–Kier alpha value is -6.46. The van der Waals surface area contributed by atoms with Crippen LogP contribution in [0.5, 0.6) is 5.88 Å². The molecule has 49 heavy (non-hydrogen) atoms. The molecular formula is C44H30N4O. The summed E-state index contributed by atoms with van der Waals surface area (Å²) >= 11 is 0. The molecule has 6 aromatic carbocycles. The van der Waals surface area contributed by atoms with Crippen LogP contribution >= 0.6 is 0 Å². The van der Waals surface area contributed by atoms with E-state index in [1.54, 1.807) is 0 Å². The highest BCUT2D eigenvalue weighted by Crippen LogP contribution is 2.40. The fourth-order valence-electron chi connectivity index (χ4n) is 7.49. The van der Waals surface area contributed by atoms with E-state index < -0.39 is 0 Å². The number of nitrogens with zero attached hydrogens (tertiary/aromatic N) is 4. The predicted molar refractivity (Wildman–Crippen MR) is 199 cm³/mol. The van der Waals surface area contributed by atoms with E-state index in [1.807, 2.05) is 6.07 Å². The van der Waals surface area contributed by atoms with Crippen molar-refractivity contribution in [3.63, 3.8) is 0 Å². The molecule has 1 aliphatic rings. The number of aromatic nitrogens is 4. The highest BCUT2D eigenvalue weighted by molar-refractivity contribution is 6.18. The summed E-state index contributed by atoms with van der Waals surface area (Å²) in [6.07, 6.45) is 2.96. The van der Waals surface area contributed by atoms with E-state index in [1.165, 1.54) is 32.7 Å². The van der Waals surface area contributed by atoms with Gasteiger partial charge >= 0.3 is 0 Å². The molecule has 4 heterocycles. The van der Waals surface area contributed by atoms with E-state index in [0.717, 1.165) is 51.3 Å². The van der Waals surface area contributed by atoms with E-state index in [0.29, 0.717) is 18.3 Å². The Morgan fingerprint density at radius 3 is 2.08 bits per heavy atom. The lowest BCUT2D eigenvalue weighted by atomic mass is 9.95. The third kappa shape index (κ3) is 4.40. The van der Waals surface area contributed by atoms with Crippen molar-refractivity contribution in [3.05, 3.63) is 163 Å². The fraction of sp³-hybridized carbons (Fsp3) is 0.0455. The second-order valence-corrected chi connectivity index (χ2v) is 12.5. The highest BCUT2D eigenvalue weighted by atomic mass is 16.5. The molecule has 232 valence electrons. The molecule has 0 radical (unpaired) electrons. The van der Waals surface area contributed by atoms with Crippen LogP contribution in [-0.4, -0.2) is 25.7 Å². The fourth-order valence-corrected chi connectivity index (χ4v) is 7.49. The largest absolute Gasteiger partial charge is 0.477 e. The molecule has 1 aliphatic heterocycles. The predicted octanol–water partition coefficient (Wildman–Crippen LogP) is 10.5. The van der Waals surface area contributed by atoms with Gasteiger partial charge in [0, 0.05) is 56.8 Å². The Balaban J connectivity index is 1.12. The maximum Gasteiger partial charge on any atom is 0.220 e. The topological polar surface area (TPSA) is 44.9 Å². The quantitative estimate of drug-likeness (QED) is 0.190. The Labute approximate surface area is 283 Å². The Morgan fingerprint density at radius 1 is 0.510 bits per heavy atom. The van der Waals surface area contributed by atoms with E-state index >= 15 is 0 Å². The first-order valence-corrected chi connectivity index (χ1v) is 16.7. The molecule has 5 heteroatoms.